The summed E-state index contributed by atoms with van der Waals surface area (Å²) in [4.78, 5) is 0. The normalized spacial score (nSPS) is 10.3. The number of hydrogen-bond acceptors (Lipinski definition) is 1. The Kier molecular flexibility index (Phi) is 2.96. The van der Waals surface area contributed by atoms with E-state index in [1.54, 1.807) is 0 Å². The van der Waals surface area contributed by atoms with Gasteiger partial charge in [-0.3, -0.25) is 0 Å². The fourth-order valence-corrected chi connectivity index (χ4v) is 1.36. The summed E-state index contributed by atoms with van der Waals surface area (Å²) in [6, 6.07) is 9.56. The van der Waals surface area contributed by atoms with Gasteiger partial charge in [-0.2, -0.15) is 0 Å². The van der Waals surface area contributed by atoms with Crippen LogP contribution in [0, 0.1) is 0 Å². The van der Waals surface area contributed by atoms with E-state index >= 15 is 0 Å². The first-order valence-electron chi connectivity index (χ1n) is 2.47. The molecule has 1 radical (unpaired) electrons. The molecular weight excluding hydrogens is 198 g/mol. The van der Waals surface area contributed by atoms with Gasteiger partial charge in [0.1, 0.15) is 0 Å². The van der Waals surface area contributed by atoms with Crippen molar-refractivity contribution in [2.24, 2.45) is 0 Å². The fraction of sp³-hybridized carbons (Fsp3) is 0. The van der Waals surface area contributed by atoms with E-state index in [2.05, 4.69) is 0 Å². The summed E-state index contributed by atoms with van der Waals surface area (Å²) in [5.41, 5.74) is 0. The zero-order valence-corrected chi connectivity index (χ0v) is 7.25. The van der Waals surface area contributed by atoms with Crippen molar-refractivity contribution in [1.82, 2.24) is 0 Å². The van der Waals surface area contributed by atoms with Crippen LogP contribution in [-0.2, 0) is 0 Å². The Morgan fingerprint density at radius 1 is 1.22 bits per heavy atom. The van der Waals surface area contributed by atoms with Crippen molar-refractivity contribution in [1.29, 1.82) is 0 Å². The Morgan fingerprint density at radius 3 is 2.44 bits per heavy atom. The molecule has 0 aromatic heterocycles. The molecule has 47 valence electrons. The molecular formula is C6H5AsClO. The molecule has 9 heavy (non-hydrogen) atoms. The Labute approximate surface area is 65.2 Å². The molecule has 0 unspecified atom stereocenters. The second-order valence-corrected chi connectivity index (χ2v) is 2.86. The molecule has 0 atom stereocenters. The molecule has 0 spiro atoms. The summed E-state index contributed by atoms with van der Waals surface area (Å²) >= 11 is -0.479. The molecule has 1 rings (SSSR count). The predicted molar refractivity (Wildman–Crippen MR) is 38.7 cm³/mol. The van der Waals surface area contributed by atoms with Gasteiger partial charge < -0.3 is 0 Å². The van der Waals surface area contributed by atoms with Crippen LogP contribution in [0.25, 0.3) is 0 Å². The minimum absolute atomic E-state index is 0.479. The van der Waals surface area contributed by atoms with Gasteiger partial charge in [0.15, 0.2) is 0 Å². The molecule has 0 amide bonds. The van der Waals surface area contributed by atoms with Crippen LogP contribution >= 0.6 is 9.95 Å². The molecule has 0 fully saturated rings. The van der Waals surface area contributed by atoms with E-state index in [-0.39, 0.29) is 0 Å². The molecule has 1 nitrogen and oxygen atoms in total. The Morgan fingerprint density at radius 2 is 1.89 bits per heavy atom. The summed E-state index contributed by atoms with van der Waals surface area (Å²) in [6.07, 6.45) is 0. The zero-order valence-electron chi connectivity index (χ0n) is 4.62. The van der Waals surface area contributed by atoms with Crippen molar-refractivity contribution in [3.63, 3.8) is 0 Å². The van der Waals surface area contributed by atoms with Gasteiger partial charge in [-0.25, -0.2) is 0 Å². The molecule has 0 aliphatic heterocycles. The topological polar surface area (TPSA) is 9.23 Å². The summed E-state index contributed by atoms with van der Waals surface area (Å²) in [6.45, 7) is 0. The number of rotatable bonds is 2. The zero-order chi connectivity index (χ0) is 6.53. The van der Waals surface area contributed by atoms with E-state index in [1.165, 1.54) is 0 Å². The number of benzene rings is 1. The molecule has 0 aliphatic rings. The summed E-state index contributed by atoms with van der Waals surface area (Å²) in [7, 11) is 5.41. The maximum atomic E-state index is 5.41. The van der Waals surface area contributed by atoms with Crippen LogP contribution in [0.5, 0.6) is 5.75 Å². The summed E-state index contributed by atoms with van der Waals surface area (Å²) < 4.78 is 5.07. The molecule has 0 saturated heterocycles. The van der Waals surface area contributed by atoms with Crippen LogP contribution in [0.4, 0.5) is 0 Å². The predicted octanol–water partition coefficient (Wildman–Crippen LogP) is 1.84. The van der Waals surface area contributed by atoms with Gasteiger partial charge in [-0.15, -0.1) is 0 Å². The maximum absolute atomic E-state index is 5.41. The van der Waals surface area contributed by atoms with Gasteiger partial charge >= 0.3 is 64.9 Å². The van der Waals surface area contributed by atoms with E-state index < -0.39 is 15.2 Å². The van der Waals surface area contributed by atoms with Crippen LogP contribution < -0.4 is 3.73 Å². The molecule has 1 aromatic rings. The van der Waals surface area contributed by atoms with Crippen molar-refractivity contribution in [3.05, 3.63) is 30.3 Å². The monoisotopic (exact) mass is 203 g/mol. The third kappa shape index (κ3) is 2.29. The second-order valence-electron chi connectivity index (χ2n) is 1.47. The molecule has 0 heterocycles. The Hall–Kier alpha value is -0.132. The molecule has 1 aromatic carbocycles. The molecule has 0 saturated carbocycles. The molecule has 0 aliphatic carbocycles. The average molecular weight is 203 g/mol. The van der Waals surface area contributed by atoms with Crippen LogP contribution in [0.2, 0.25) is 0 Å². The standard InChI is InChI=1S/C6H5AsClO/c8-7-9-6-4-2-1-3-5-6/h1-5H. The Balaban J connectivity index is 2.61. The fourth-order valence-electron chi connectivity index (χ4n) is 0.521. The molecule has 0 bridgehead atoms. The van der Waals surface area contributed by atoms with Crippen molar-refractivity contribution in [2.75, 3.05) is 0 Å². The van der Waals surface area contributed by atoms with Gasteiger partial charge in [0, 0.05) is 0 Å². The Bertz CT molecular complexity index is 166. The minimum atomic E-state index is -0.479. The summed E-state index contributed by atoms with van der Waals surface area (Å²) in [5, 5.41) is 0. The number of hydrogen-bond donors (Lipinski definition) is 0. The first-order chi connectivity index (χ1) is 4.43. The van der Waals surface area contributed by atoms with E-state index in [1.807, 2.05) is 30.3 Å². The average Bonchev–Trinajstić information content (AvgIpc) is 1.91. The van der Waals surface area contributed by atoms with Gasteiger partial charge in [0.2, 0.25) is 0 Å². The van der Waals surface area contributed by atoms with Crippen LogP contribution in [0.1, 0.15) is 0 Å². The summed E-state index contributed by atoms with van der Waals surface area (Å²) in [5.74, 6) is 0.854. The van der Waals surface area contributed by atoms with Crippen molar-refractivity contribution in [3.8, 4) is 5.75 Å². The quantitative estimate of drug-likeness (QED) is 0.667. The van der Waals surface area contributed by atoms with Crippen LogP contribution in [-0.4, -0.2) is 15.2 Å². The third-order valence-corrected chi connectivity index (χ3v) is 1.83. The van der Waals surface area contributed by atoms with E-state index in [0.29, 0.717) is 0 Å². The second kappa shape index (κ2) is 3.81. The molecule has 0 N–H and O–H groups in total. The van der Waals surface area contributed by atoms with Crippen LogP contribution in [0.3, 0.4) is 0 Å². The third-order valence-electron chi connectivity index (χ3n) is 0.883. The number of halogens is 1. The van der Waals surface area contributed by atoms with E-state index in [0.717, 1.165) is 5.75 Å². The van der Waals surface area contributed by atoms with Crippen LogP contribution in [0.15, 0.2) is 30.3 Å². The van der Waals surface area contributed by atoms with Crippen molar-refractivity contribution in [2.45, 2.75) is 0 Å². The van der Waals surface area contributed by atoms with Gasteiger partial charge in [0.05, 0.1) is 0 Å². The van der Waals surface area contributed by atoms with Crippen molar-refractivity contribution < 1.29 is 3.73 Å². The molecule has 3 heteroatoms. The first kappa shape index (κ1) is 6.98. The number of para-hydroxylation sites is 1. The van der Waals surface area contributed by atoms with Gasteiger partial charge in [-0.05, 0) is 0 Å². The van der Waals surface area contributed by atoms with Gasteiger partial charge in [-0.1, -0.05) is 0 Å². The van der Waals surface area contributed by atoms with Gasteiger partial charge in [0.25, 0.3) is 0 Å². The van der Waals surface area contributed by atoms with E-state index in [9.17, 15) is 0 Å². The first-order valence-corrected chi connectivity index (χ1v) is 5.70. The van der Waals surface area contributed by atoms with E-state index in [4.69, 9.17) is 13.7 Å². The SMILES string of the molecule is Cl[As]Oc1ccccc1. The van der Waals surface area contributed by atoms with Crippen molar-refractivity contribution >= 4 is 25.1 Å².